The second-order valence-electron chi connectivity index (χ2n) is 9.25. The molecule has 0 bridgehead atoms. The number of allylic oxidation sites excluding steroid dienone is 1. The highest BCUT2D eigenvalue weighted by molar-refractivity contribution is 5.91. The Morgan fingerprint density at radius 2 is 1.74 bits per heavy atom. The molecule has 1 N–H and O–H groups in total. The minimum atomic E-state index is -0.0805. The molecule has 0 radical (unpaired) electrons. The first-order chi connectivity index (χ1) is 14.9. The number of methoxy groups -OCH3 is 1. The van der Waals surface area contributed by atoms with E-state index in [1.165, 1.54) is 39.1 Å². The molecule has 0 saturated heterocycles. The number of aryl methyl sites for hydroxylation is 1. The fraction of sp³-hybridized carbons (Fsp3) is 0.286. The molecule has 0 aliphatic carbocycles. The van der Waals surface area contributed by atoms with Gasteiger partial charge in [0.05, 0.1) is 18.2 Å². The largest absolute Gasteiger partial charge is 0.496 e. The number of anilines is 1. The first kappa shape index (κ1) is 19.7. The zero-order chi connectivity index (χ0) is 21.8. The molecule has 158 valence electrons. The minimum Gasteiger partial charge on any atom is -0.496 e. The number of hydrogen-bond acceptors (Lipinski definition) is 3. The summed E-state index contributed by atoms with van der Waals surface area (Å²) in [6.45, 7) is 8.74. The third-order valence-corrected chi connectivity index (χ3v) is 6.28. The Morgan fingerprint density at radius 1 is 0.968 bits per heavy atom. The maximum Gasteiger partial charge on any atom is 0.131 e. The molecule has 5 rings (SSSR count). The Bertz CT molecular complexity index is 1190. The zero-order valence-electron chi connectivity index (χ0n) is 18.9. The smallest absolute Gasteiger partial charge is 0.131 e. The molecular weight excluding hydrogens is 382 g/mol. The van der Waals surface area contributed by atoms with Crippen molar-refractivity contribution in [2.24, 2.45) is 0 Å². The quantitative estimate of drug-likeness (QED) is 0.506. The van der Waals surface area contributed by atoms with Crippen LogP contribution in [-0.2, 0) is 6.42 Å². The molecule has 2 aliphatic rings. The van der Waals surface area contributed by atoms with Crippen LogP contribution in [0.3, 0.4) is 0 Å². The summed E-state index contributed by atoms with van der Waals surface area (Å²) in [6.07, 6.45) is 3.06. The minimum absolute atomic E-state index is 0.0707. The van der Waals surface area contributed by atoms with Crippen LogP contribution in [0.25, 0.3) is 16.7 Å². The summed E-state index contributed by atoms with van der Waals surface area (Å²) in [6, 6.07) is 19.2. The summed E-state index contributed by atoms with van der Waals surface area (Å²) >= 11 is 0. The van der Waals surface area contributed by atoms with Gasteiger partial charge in [-0.1, -0.05) is 48.0 Å². The monoisotopic (exact) mass is 411 g/mol. The SMILES string of the molecule is COc1cccc2c1-c1ccc3c(c1C(Cc1ccc(C)cc1)O2)C(C)=CC(C)(C)N3. The first-order valence-electron chi connectivity index (χ1n) is 10.9. The fourth-order valence-corrected chi connectivity index (χ4v) is 5.04. The highest BCUT2D eigenvalue weighted by Crippen LogP contribution is 2.52. The van der Waals surface area contributed by atoms with Gasteiger partial charge in [0.2, 0.25) is 0 Å². The normalized spacial score (nSPS) is 18.0. The number of rotatable bonds is 3. The van der Waals surface area contributed by atoms with E-state index in [4.69, 9.17) is 9.47 Å². The van der Waals surface area contributed by atoms with Gasteiger partial charge in [0.25, 0.3) is 0 Å². The maximum absolute atomic E-state index is 6.67. The van der Waals surface area contributed by atoms with Gasteiger partial charge in [0.15, 0.2) is 0 Å². The van der Waals surface area contributed by atoms with Crippen molar-refractivity contribution in [3.05, 3.63) is 82.9 Å². The Hall–Kier alpha value is -3.20. The first-order valence-corrected chi connectivity index (χ1v) is 10.9. The van der Waals surface area contributed by atoms with Crippen molar-refractivity contribution in [2.75, 3.05) is 12.4 Å². The number of nitrogens with one attached hydrogen (secondary N) is 1. The van der Waals surface area contributed by atoms with Crippen LogP contribution in [0.4, 0.5) is 5.69 Å². The van der Waals surface area contributed by atoms with Crippen molar-refractivity contribution in [2.45, 2.75) is 45.8 Å². The summed E-state index contributed by atoms with van der Waals surface area (Å²) in [4.78, 5) is 0. The van der Waals surface area contributed by atoms with Gasteiger partial charge in [-0.3, -0.25) is 0 Å². The predicted octanol–water partition coefficient (Wildman–Crippen LogP) is 6.95. The molecule has 0 amide bonds. The predicted molar refractivity (Wildman–Crippen MR) is 128 cm³/mol. The molecular formula is C28H29NO2. The van der Waals surface area contributed by atoms with Crippen LogP contribution in [0.2, 0.25) is 0 Å². The maximum atomic E-state index is 6.67. The van der Waals surface area contributed by atoms with Crippen LogP contribution in [0, 0.1) is 6.92 Å². The van der Waals surface area contributed by atoms with Crippen molar-refractivity contribution in [1.29, 1.82) is 0 Å². The second kappa shape index (κ2) is 7.19. The summed E-state index contributed by atoms with van der Waals surface area (Å²) in [5.41, 5.74) is 9.65. The highest BCUT2D eigenvalue weighted by Gasteiger charge is 2.34. The molecule has 2 heterocycles. The van der Waals surface area contributed by atoms with Gasteiger partial charge in [0, 0.05) is 23.2 Å². The fourth-order valence-electron chi connectivity index (χ4n) is 5.04. The van der Waals surface area contributed by atoms with Gasteiger partial charge in [-0.05, 0) is 62.6 Å². The molecule has 3 heteroatoms. The van der Waals surface area contributed by atoms with Gasteiger partial charge < -0.3 is 14.8 Å². The number of benzene rings is 3. The van der Waals surface area contributed by atoms with Crippen molar-refractivity contribution >= 4 is 11.3 Å². The molecule has 0 spiro atoms. The highest BCUT2D eigenvalue weighted by atomic mass is 16.5. The second-order valence-corrected chi connectivity index (χ2v) is 9.25. The third kappa shape index (κ3) is 3.38. The lowest BCUT2D eigenvalue weighted by molar-refractivity contribution is 0.201. The van der Waals surface area contributed by atoms with Gasteiger partial charge >= 0.3 is 0 Å². The number of ether oxygens (including phenoxy) is 2. The van der Waals surface area contributed by atoms with E-state index in [0.717, 1.165) is 23.5 Å². The number of fused-ring (bicyclic) bond motifs is 5. The van der Waals surface area contributed by atoms with Crippen LogP contribution in [0.1, 0.15) is 49.1 Å². The van der Waals surface area contributed by atoms with Crippen molar-refractivity contribution in [1.82, 2.24) is 0 Å². The molecule has 2 aliphatic heterocycles. The van der Waals surface area contributed by atoms with Gasteiger partial charge in [-0.25, -0.2) is 0 Å². The standard InChI is InChI=1S/C28H29NO2/c1-17-9-11-19(12-10-17)15-24-27-20(26-22(30-5)7-6-8-23(26)31-24)13-14-21-25(27)18(2)16-28(3,4)29-21/h6-14,16,24,29H,15H2,1-5H3. The topological polar surface area (TPSA) is 30.5 Å². The summed E-state index contributed by atoms with van der Waals surface area (Å²) < 4.78 is 12.4. The average molecular weight is 412 g/mol. The van der Waals surface area contributed by atoms with E-state index in [1.54, 1.807) is 7.11 Å². The van der Waals surface area contributed by atoms with E-state index in [0.29, 0.717) is 0 Å². The Balaban J connectivity index is 1.73. The van der Waals surface area contributed by atoms with E-state index in [2.05, 4.69) is 75.5 Å². The molecule has 3 nitrogen and oxygen atoms in total. The average Bonchev–Trinajstić information content (AvgIpc) is 2.73. The van der Waals surface area contributed by atoms with Crippen LogP contribution >= 0.6 is 0 Å². The Labute approximate surface area is 184 Å². The Morgan fingerprint density at radius 3 is 2.48 bits per heavy atom. The van der Waals surface area contributed by atoms with E-state index in [9.17, 15) is 0 Å². The Kier molecular flexibility index (Phi) is 4.58. The van der Waals surface area contributed by atoms with Crippen LogP contribution in [0.15, 0.2) is 60.7 Å². The lowest BCUT2D eigenvalue weighted by Gasteiger charge is -2.37. The summed E-state index contributed by atoms with van der Waals surface area (Å²) in [5, 5.41) is 3.70. The van der Waals surface area contributed by atoms with E-state index in [-0.39, 0.29) is 11.6 Å². The lowest BCUT2D eigenvalue weighted by Crippen LogP contribution is -2.32. The molecule has 0 aromatic heterocycles. The van der Waals surface area contributed by atoms with Crippen molar-refractivity contribution in [3.8, 4) is 22.6 Å². The summed E-state index contributed by atoms with van der Waals surface area (Å²) in [5.74, 6) is 1.73. The lowest BCUT2D eigenvalue weighted by atomic mass is 9.80. The van der Waals surface area contributed by atoms with Gasteiger partial charge in [-0.2, -0.15) is 0 Å². The van der Waals surface area contributed by atoms with E-state index in [1.807, 2.05) is 18.2 Å². The third-order valence-electron chi connectivity index (χ3n) is 6.28. The molecule has 1 atom stereocenters. The van der Waals surface area contributed by atoms with Crippen LogP contribution in [-0.4, -0.2) is 12.6 Å². The van der Waals surface area contributed by atoms with Gasteiger partial charge in [0.1, 0.15) is 17.6 Å². The van der Waals surface area contributed by atoms with Crippen molar-refractivity contribution in [3.63, 3.8) is 0 Å². The van der Waals surface area contributed by atoms with Crippen LogP contribution < -0.4 is 14.8 Å². The molecule has 1 unspecified atom stereocenters. The molecule has 3 aromatic carbocycles. The number of hydrogen-bond donors (Lipinski definition) is 1. The van der Waals surface area contributed by atoms with E-state index < -0.39 is 0 Å². The van der Waals surface area contributed by atoms with Gasteiger partial charge in [-0.15, -0.1) is 0 Å². The molecule has 31 heavy (non-hydrogen) atoms. The zero-order valence-corrected chi connectivity index (χ0v) is 18.9. The summed E-state index contributed by atoms with van der Waals surface area (Å²) in [7, 11) is 1.72. The van der Waals surface area contributed by atoms with E-state index >= 15 is 0 Å². The molecule has 3 aromatic rings. The van der Waals surface area contributed by atoms with Crippen molar-refractivity contribution < 1.29 is 9.47 Å². The van der Waals surface area contributed by atoms with Crippen LogP contribution in [0.5, 0.6) is 11.5 Å². The molecule has 0 saturated carbocycles. The molecule has 0 fully saturated rings.